The topological polar surface area (TPSA) is 81.4 Å². The number of hydrogen-bond donors (Lipinski definition) is 2. The molecule has 6 heteroatoms. The van der Waals surface area contributed by atoms with Crippen molar-refractivity contribution in [3.63, 3.8) is 0 Å². The molecule has 0 aromatic heterocycles. The Kier molecular flexibility index (Phi) is 7.81. The van der Waals surface area contributed by atoms with Gasteiger partial charge in [0.15, 0.2) is 0 Å². The second-order valence-electron chi connectivity index (χ2n) is 4.84. The molecule has 0 spiro atoms. The second-order valence-corrected chi connectivity index (χ2v) is 6.77. The van der Waals surface area contributed by atoms with Gasteiger partial charge in [-0.05, 0) is 32.2 Å². The lowest BCUT2D eigenvalue weighted by molar-refractivity contribution is 0.0321. The standard InChI is InChI=1S/C12H26N2O3S/c13-8-4-5-11-18(15,16)14-9-10-17-12-6-2-1-3-7-12/h12,14H,1-11,13H2. The molecule has 0 atom stereocenters. The molecule has 0 aromatic rings. The van der Waals surface area contributed by atoms with Gasteiger partial charge in [0.25, 0.3) is 0 Å². The van der Waals surface area contributed by atoms with Crippen LogP contribution in [-0.4, -0.2) is 40.0 Å². The number of unbranched alkanes of at least 4 members (excludes halogenated alkanes) is 1. The molecule has 18 heavy (non-hydrogen) atoms. The highest BCUT2D eigenvalue weighted by Crippen LogP contribution is 2.19. The van der Waals surface area contributed by atoms with Crippen molar-refractivity contribution in [3.05, 3.63) is 0 Å². The third-order valence-electron chi connectivity index (χ3n) is 3.20. The Bertz CT molecular complexity index is 300. The van der Waals surface area contributed by atoms with Gasteiger partial charge in [0.05, 0.1) is 18.5 Å². The first-order valence-electron chi connectivity index (χ1n) is 6.93. The fourth-order valence-electron chi connectivity index (χ4n) is 2.16. The minimum absolute atomic E-state index is 0.160. The van der Waals surface area contributed by atoms with Crippen molar-refractivity contribution in [2.75, 3.05) is 25.4 Å². The molecular formula is C12H26N2O3S. The van der Waals surface area contributed by atoms with E-state index in [4.69, 9.17) is 10.5 Å². The maximum absolute atomic E-state index is 11.5. The van der Waals surface area contributed by atoms with E-state index in [1.54, 1.807) is 0 Å². The normalized spacial score (nSPS) is 18.1. The summed E-state index contributed by atoms with van der Waals surface area (Å²) in [6.45, 7) is 1.39. The SMILES string of the molecule is NCCCCS(=O)(=O)NCCOC1CCCCC1. The Morgan fingerprint density at radius 3 is 2.56 bits per heavy atom. The zero-order chi connectivity index (χ0) is 13.3. The minimum atomic E-state index is -3.14. The molecule has 0 bridgehead atoms. The van der Waals surface area contributed by atoms with E-state index in [1.807, 2.05) is 0 Å². The quantitative estimate of drug-likeness (QED) is 0.616. The summed E-state index contributed by atoms with van der Waals surface area (Å²) < 4.78 is 31.3. The Labute approximate surface area is 111 Å². The first kappa shape index (κ1) is 15.9. The van der Waals surface area contributed by atoms with Gasteiger partial charge in [0.1, 0.15) is 0 Å². The molecule has 0 radical (unpaired) electrons. The van der Waals surface area contributed by atoms with E-state index in [0.717, 1.165) is 19.3 Å². The molecule has 0 heterocycles. The van der Waals surface area contributed by atoms with Gasteiger partial charge in [0.2, 0.25) is 10.0 Å². The molecule has 1 fully saturated rings. The van der Waals surface area contributed by atoms with Crippen molar-refractivity contribution < 1.29 is 13.2 Å². The van der Waals surface area contributed by atoms with E-state index in [2.05, 4.69) is 4.72 Å². The van der Waals surface area contributed by atoms with Crippen molar-refractivity contribution >= 4 is 10.0 Å². The highest BCUT2D eigenvalue weighted by atomic mass is 32.2. The monoisotopic (exact) mass is 278 g/mol. The van der Waals surface area contributed by atoms with Gasteiger partial charge >= 0.3 is 0 Å². The van der Waals surface area contributed by atoms with Crippen molar-refractivity contribution in [1.29, 1.82) is 0 Å². The molecule has 0 aromatic carbocycles. The average molecular weight is 278 g/mol. The Balaban J connectivity index is 2.05. The minimum Gasteiger partial charge on any atom is -0.377 e. The van der Waals surface area contributed by atoms with E-state index < -0.39 is 10.0 Å². The molecule has 0 unspecified atom stereocenters. The molecule has 0 aliphatic heterocycles. The van der Waals surface area contributed by atoms with E-state index in [-0.39, 0.29) is 5.75 Å². The van der Waals surface area contributed by atoms with E-state index in [1.165, 1.54) is 19.3 Å². The molecular weight excluding hydrogens is 252 g/mol. The zero-order valence-electron chi connectivity index (χ0n) is 11.1. The first-order valence-corrected chi connectivity index (χ1v) is 8.58. The van der Waals surface area contributed by atoms with Gasteiger partial charge in [-0.3, -0.25) is 0 Å². The largest absolute Gasteiger partial charge is 0.377 e. The lowest BCUT2D eigenvalue weighted by Crippen LogP contribution is -2.31. The third-order valence-corrected chi connectivity index (χ3v) is 4.67. The van der Waals surface area contributed by atoms with Crippen LogP contribution in [0.3, 0.4) is 0 Å². The number of nitrogens with two attached hydrogens (primary N) is 1. The molecule has 1 rings (SSSR count). The Morgan fingerprint density at radius 2 is 1.89 bits per heavy atom. The lowest BCUT2D eigenvalue weighted by atomic mass is 9.98. The van der Waals surface area contributed by atoms with Crippen molar-refractivity contribution in [1.82, 2.24) is 4.72 Å². The van der Waals surface area contributed by atoms with E-state index in [9.17, 15) is 8.42 Å². The highest BCUT2D eigenvalue weighted by Gasteiger charge is 2.14. The molecule has 1 saturated carbocycles. The molecule has 5 nitrogen and oxygen atoms in total. The number of ether oxygens (including phenoxy) is 1. The van der Waals surface area contributed by atoms with Crippen LogP contribution >= 0.6 is 0 Å². The van der Waals surface area contributed by atoms with Crippen LogP contribution in [-0.2, 0) is 14.8 Å². The summed E-state index contributed by atoms with van der Waals surface area (Å²) in [4.78, 5) is 0. The van der Waals surface area contributed by atoms with Crippen LogP contribution in [0.5, 0.6) is 0 Å². The summed E-state index contributed by atoms with van der Waals surface area (Å²) in [5, 5.41) is 0. The van der Waals surface area contributed by atoms with Gasteiger partial charge in [-0.25, -0.2) is 13.1 Å². The smallest absolute Gasteiger partial charge is 0.211 e. The Morgan fingerprint density at radius 1 is 1.17 bits per heavy atom. The summed E-state index contributed by atoms with van der Waals surface area (Å²) in [6.07, 6.45) is 7.69. The van der Waals surface area contributed by atoms with Crippen molar-refractivity contribution in [3.8, 4) is 0 Å². The van der Waals surface area contributed by atoms with Crippen LogP contribution in [0.15, 0.2) is 0 Å². The summed E-state index contributed by atoms with van der Waals surface area (Å²) in [6, 6.07) is 0. The van der Waals surface area contributed by atoms with E-state index >= 15 is 0 Å². The lowest BCUT2D eigenvalue weighted by Gasteiger charge is -2.21. The second kappa shape index (κ2) is 8.85. The summed E-state index contributed by atoms with van der Waals surface area (Å²) in [7, 11) is -3.14. The van der Waals surface area contributed by atoms with Crippen LogP contribution in [0, 0.1) is 0 Å². The van der Waals surface area contributed by atoms with Crippen molar-refractivity contribution in [2.45, 2.75) is 51.0 Å². The Hall–Kier alpha value is -0.170. The fourth-order valence-corrected chi connectivity index (χ4v) is 3.29. The molecule has 108 valence electrons. The number of sulfonamides is 1. The molecule has 1 aliphatic carbocycles. The summed E-state index contributed by atoms with van der Waals surface area (Å²) >= 11 is 0. The van der Waals surface area contributed by atoms with Crippen LogP contribution in [0.2, 0.25) is 0 Å². The van der Waals surface area contributed by atoms with Crippen LogP contribution in [0.25, 0.3) is 0 Å². The average Bonchev–Trinajstić information content (AvgIpc) is 2.36. The molecule has 3 N–H and O–H groups in total. The maximum atomic E-state index is 11.5. The van der Waals surface area contributed by atoms with Crippen LogP contribution in [0.4, 0.5) is 0 Å². The van der Waals surface area contributed by atoms with E-state index in [0.29, 0.717) is 32.2 Å². The summed E-state index contributed by atoms with van der Waals surface area (Å²) in [5.41, 5.74) is 5.33. The predicted octanol–water partition coefficient (Wildman–Crippen LogP) is 0.994. The zero-order valence-corrected chi connectivity index (χ0v) is 11.9. The molecule has 1 aliphatic rings. The van der Waals surface area contributed by atoms with Gasteiger partial charge < -0.3 is 10.5 Å². The maximum Gasteiger partial charge on any atom is 0.211 e. The van der Waals surface area contributed by atoms with Gasteiger partial charge in [-0.15, -0.1) is 0 Å². The van der Waals surface area contributed by atoms with Gasteiger partial charge in [-0.2, -0.15) is 0 Å². The van der Waals surface area contributed by atoms with Gasteiger partial charge in [-0.1, -0.05) is 19.3 Å². The van der Waals surface area contributed by atoms with Gasteiger partial charge in [0, 0.05) is 6.54 Å². The number of hydrogen-bond acceptors (Lipinski definition) is 4. The van der Waals surface area contributed by atoms with Crippen molar-refractivity contribution in [2.24, 2.45) is 5.73 Å². The van der Waals surface area contributed by atoms with Crippen LogP contribution < -0.4 is 10.5 Å². The molecule has 0 amide bonds. The molecule has 0 saturated heterocycles. The summed E-state index contributed by atoms with van der Waals surface area (Å²) in [5.74, 6) is 0.160. The third kappa shape index (κ3) is 7.31. The predicted molar refractivity (Wildman–Crippen MR) is 72.9 cm³/mol. The fraction of sp³-hybridized carbons (Fsp3) is 1.00. The van der Waals surface area contributed by atoms with Crippen LogP contribution in [0.1, 0.15) is 44.9 Å². The first-order chi connectivity index (χ1) is 8.64. The highest BCUT2D eigenvalue weighted by molar-refractivity contribution is 7.89. The number of nitrogens with one attached hydrogen (secondary N) is 1. The number of rotatable bonds is 9.